The molecular weight excluding hydrogens is 429 g/mol. The van der Waals surface area contributed by atoms with Crippen LogP contribution in [0.3, 0.4) is 0 Å². The maximum absolute atomic E-state index is 12.9. The molecule has 1 N–H and O–H groups in total. The fourth-order valence-corrected chi connectivity index (χ4v) is 3.50. The predicted molar refractivity (Wildman–Crippen MR) is 100 cm³/mol. The summed E-state index contributed by atoms with van der Waals surface area (Å²) >= 11 is 0. The number of allylic oxidation sites excluding steroid dienone is 2. The Morgan fingerprint density at radius 2 is 1.97 bits per heavy atom. The lowest BCUT2D eigenvalue weighted by atomic mass is 9.90. The average Bonchev–Trinajstić information content (AvgIpc) is 3.01. The minimum absolute atomic E-state index is 0.00241. The molecule has 1 aliphatic rings. The number of aliphatic carboxylic acids is 1. The summed E-state index contributed by atoms with van der Waals surface area (Å²) in [6.45, 7) is 6.60. The summed E-state index contributed by atoms with van der Waals surface area (Å²) in [5.41, 5.74) is -4.45. The Hall–Kier alpha value is -2.82. The standard InChI is InChI=1S/C19H19F3O7S/c1-4-12-11(3)14-9-28-18(25)16(14)17(29-30(26,27)19(20,21)22)13(12)7-5-10(2)6-8-15(23)24/h4-5H,1,6-9H2,2-3H3,(H,23,24). The maximum Gasteiger partial charge on any atom is 0.534 e. The number of rotatable bonds is 8. The van der Waals surface area contributed by atoms with Gasteiger partial charge < -0.3 is 14.0 Å². The van der Waals surface area contributed by atoms with E-state index in [-0.39, 0.29) is 42.6 Å². The average molecular weight is 448 g/mol. The summed E-state index contributed by atoms with van der Waals surface area (Å²) in [5, 5.41) is 8.76. The van der Waals surface area contributed by atoms with Gasteiger partial charge in [0.05, 0.1) is 0 Å². The number of carboxylic acid groups (broad SMARTS) is 1. The third kappa shape index (κ3) is 4.66. The molecule has 1 aromatic rings. The topological polar surface area (TPSA) is 107 Å². The van der Waals surface area contributed by atoms with Gasteiger partial charge in [-0.15, -0.1) is 0 Å². The lowest BCUT2D eigenvalue weighted by Crippen LogP contribution is -2.29. The van der Waals surface area contributed by atoms with Gasteiger partial charge in [0.15, 0.2) is 5.75 Å². The van der Waals surface area contributed by atoms with Crippen LogP contribution in [0.5, 0.6) is 5.75 Å². The van der Waals surface area contributed by atoms with Crippen molar-refractivity contribution in [2.45, 2.75) is 45.2 Å². The summed E-state index contributed by atoms with van der Waals surface area (Å²) in [6.07, 6.45) is 2.77. The van der Waals surface area contributed by atoms with Gasteiger partial charge in [0.1, 0.15) is 12.2 Å². The molecule has 11 heteroatoms. The highest BCUT2D eigenvalue weighted by molar-refractivity contribution is 7.88. The zero-order chi connectivity index (χ0) is 22.9. The monoisotopic (exact) mass is 448 g/mol. The Kier molecular flexibility index (Phi) is 6.65. The quantitative estimate of drug-likeness (QED) is 0.278. The van der Waals surface area contributed by atoms with E-state index in [1.165, 1.54) is 12.2 Å². The highest BCUT2D eigenvalue weighted by atomic mass is 32.2. The summed E-state index contributed by atoms with van der Waals surface area (Å²) in [7, 11) is -6.06. The molecule has 0 amide bonds. The third-order valence-electron chi connectivity index (χ3n) is 4.60. The molecular formula is C19H19F3O7S. The van der Waals surface area contributed by atoms with Gasteiger partial charge in [0.25, 0.3) is 0 Å². The van der Waals surface area contributed by atoms with E-state index in [1.54, 1.807) is 13.8 Å². The van der Waals surface area contributed by atoms with Gasteiger partial charge in [0, 0.05) is 17.5 Å². The first-order chi connectivity index (χ1) is 13.8. The summed E-state index contributed by atoms with van der Waals surface area (Å²) in [5.74, 6) is -2.78. The molecule has 0 fully saturated rings. The molecule has 0 radical (unpaired) electrons. The zero-order valence-electron chi connectivity index (χ0n) is 16.1. The van der Waals surface area contributed by atoms with E-state index >= 15 is 0 Å². The highest BCUT2D eigenvalue weighted by Crippen LogP contribution is 2.41. The SMILES string of the molecule is C=Cc1c(C)c2c(c(OS(=O)(=O)C(F)(F)F)c1CC=C(C)CCC(=O)O)C(=O)OC2. The van der Waals surface area contributed by atoms with Crippen LogP contribution in [-0.4, -0.2) is 31.0 Å². The van der Waals surface area contributed by atoms with Crippen molar-refractivity contribution in [2.24, 2.45) is 0 Å². The number of carbonyl (C=O) groups is 2. The van der Waals surface area contributed by atoms with Crippen molar-refractivity contribution >= 4 is 28.1 Å². The second-order valence-electron chi connectivity index (χ2n) is 6.61. The normalized spacial score (nSPS) is 14.3. The van der Waals surface area contributed by atoms with Crippen molar-refractivity contribution in [1.29, 1.82) is 0 Å². The Labute approximate surface area is 170 Å². The molecule has 1 heterocycles. The second-order valence-corrected chi connectivity index (χ2v) is 8.15. The largest absolute Gasteiger partial charge is 0.534 e. The number of carbonyl (C=O) groups excluding carboxylic acids is 1. The first kappa shape index (κ1) is 23.5. The molecule has 1 aromatic carbocycles. The fraction of sp³-hybridized carbons (Fsp3) is 0.368. The number of alkyl halides is 3. The van der Waals surface area contributed by atoms with Crippen LogP contribution in [0.2, 0.25) is 0 Å². The number of halogens is 3. The van der Waals surface area contributed by atoms with Crippen LogP contribution in [0, 0.1) is 6.92 Å². The minimum Gasteiger partial charge on any atom is -0.481 e. The Balaban J connectivity index is 2.67. The molecule has 0 aliphatic carbocycles. The van der Waals surface area contributed by atoms with E-state index in [9.17, 15) is 31.2 Å². The van der Waals surface area contributed by atoms with Crippen LogP contribution in [0.4, 0.5) is 13.2 Å². The zero-order valence-corrected chi connectivity index (χ0v) is 16.9. The predicted octanol–water partition coefficient (Wildman–Crippen LogP) is 3.89. The molecule has 7 nitrogen and oxygen atoms in total. The second kappa shape index (κ2) is 8.50. The summed E-state index contributed by atoms with van der Waals surface area (Å²) < 4.78 is 71.4. The van der Waals surface area contributed by atoms with Crippen LogP contribution in [0.15, 0.2) is 18.2 Å². The van der Waals surface area contributed by atoms with Gasteiger partial charge in [-0.25, -0.2) is 4.79 Å². The van der Waals surface area contributed by atoms with Gasteiger partial charge in [-0.1, -0.05) is 24.3 Å². The van der Waals surface area contributed by atoms with E-state index < -0.39 is 33.3 Å². The van der Waals surface area contributed by atoms with Crippen molar-refractivity contribution in [3.8, 4) is 5.75 Å². The molecule has 30 heavy (non-hydrogen) atoms. The number of hydrogen-bond acceptors (Lipinski definition) is 6. The fourth-order valence-electron chi connectivity index (χ4n) is 3.00. The van der Waals surface area contributed by atoms with E-state index in [0.717, 1.165) is 0 Å². The van der Waals surface area contributed by atoms with Gasteiger partial charge in [0.2, 0.25) is 0 Å². The van der Waals surface area contributed by atoms with Gasteiger partial charge >= 0.3 is 27.6 Å². The van der Waals surface area contributed by atoms with Crippen molar-refractivity contribution in [3.63, 3.8) is 0 Å². The van der Waals surface area contributed by atoms with Crippen LogP contribution in [0.1, 0.15) is 52.4 Å². The molecule has 2 rings (SSSR count). The highest BCUT2D eigenvalue weighted by Gasteiger charge is 2.50. The number of esters is 1. The first-order valence-electron chi connectivity index (χ1n) is 8.66. The molecule has 0 aromatic heterocycles. The Morgan fingerprint density at radius 1 is 1.33 bits per heavy atom. The van der Waals surface area contributed by atoms with Crippen molar-refractivity contribution < 1.29 is 45.2 Å². The lowest BCUT2D eigenvalue weighted by Gasteiger charge is -2.19. The molecule has 0 saturated heterocycles. The molecule has 0 unspecified atom stereocenters. The van der Waals surface area contributed by atoms with E-state index in [0.29, 0.717) is 16.7 Å². The molecule has 0 saturated carbocycles. The van der Waals surface area contributed by atoms with Crippen LogP contribution in [-0.2, 0) is 32.7 Å². The third-order valence-corrected chi connectivity index (χ3v) is 5.56. The van der Waals surface area contributed by atoms with Gasteiger partial charge in [-0.3, -0.25) is 4.79 Å². The molecule has 1 aliphatic heterocycles. The maximum atomic E-state index is 12.9. The van der Waals surface area contributed by atoms with Crippen LogP contribution in [0.25, 0.3) is 6.08 Å². The van der Waals surface area contributed by atoms with Crippen molar-refractivity contribution in [3.05, 3.63) is 46.0 Å². The number of carboxylic acids is 1. The number of ether oxygens (including phenoxy) is 1. The van der Waals surface area contributed by atoms with Crippen LogP contribution >= 0.6 is 0 Å². The van der Waals surface area contributed by atoms with E-state index in [1.807, 2.05) is 0 Å². The number of cyclic esters (lactones) is 1. The Bertz CT molecular complexity index is 1040. The first-order valence-corrected chi connectivity index (χ1v) is 10.1. The summed E-state index contributed by atoms with van der Waals surface area (Å²) in [4.78, 5) is 22.9. The Morgan fingerprint density at radius 3 is 2.50 bits per heavy atom. The molecule has 164 valence electrons. The van der Waals surface area contributed by atoms with Crippen molar-refractivity contribution in [2.75, 3.05) is 0 Å². The van der Waals surface area contributed by atoms with Crippen molar-refractivity contribution in [1.82, 2.24) is 0 Å². The van der Waals surface area contributed by atoms with Crippen LogP contribution < -0.4 is 4.18 Å². The number of benzene rings is 1. The number of hydrogen-bond donors (Lipinski definition) is 1. The lowest BCUT2D eigenvalue weighted by molar-refractivity contribution is -0.136. The molecule has 0 bridgehead atoms. The summed E-state index contributed by atoms with van der Waals surface area (Å²) in [6, 6.07) is 0. The number of fused-ring (bicyclic) bond motifs is 1. The minimum atomic E-state index is -6.06. The molecule has 0 spiro atoms. The van der Waals surface area contributed by atoms with E-state index in [2.05, 4.69) is 10.8 Å². The molecule has 0 atom stereocenters. The van der Waals surface area contributed by atoms with Gasteiger partial charge in [-0.05, 0) is 37.8 Å². The smallest absolute Gasteiger partial charge is 0.481 e. The van der Waals surface area contributed by atoms with E-state index in [4.69, 9.17) is 9.84 Å². The van der Waals surface area contributed by atoms with Gasteiger partial charge in [-0.2, -0.15) is 21.6 Å².